The van der Waals surface area contributed by atoms with Gasteiger partial charge >= 0.3 is 0 Å². The minimum Gasteiger partial charge on any atom is -0.464 e. The summed E-state index contributed by atoms with van der Waals surface area (Å²) in [5.41, 5.74) is 13.1. The molecule has 0 radical (unpaired) electrons. The molecule has 6 aromatic rings. The van der Waals surface area contributed by atoms with Crippen molar-refractivity contribution in [1.29, 1.82) is 0 Å². The molecule has 0 aliphatic rings. The van der Waals surface area contributed by atoms with Crippen LogP contribution in [0.25, 0.3) is 43.1 Å². The number of hydrogen-bond acceptors (Lipinski definition) is 5. The minimum atomic E-state index is -0.260. The van der Waals surface area contributed by atoms with Crippen molar-refractivity contribution in [3.05, 3.63) is 115 Å². The molecule has 0 spiro atoms. The number of thiophene rings is 1. The van der Waals surface area contributed by atoms with Gasteiger partial charge in [-0.25, -0.2) is 4.98 Å². The number of nitrogens with one attached hydrogen (secondary N) is 1. The lowest BCUT2D eigenvalue weighted by atomic mass is 9.98. The number of nitrogen functional groups attached to an aromatic ring is 1. The van der Waals surface area contributed by atoms with Crippen LogP contribution in [-0.4, -0.2) is 10.9 Å². The van der Waals surface area contributed by atoms with Crippen molar-refractivity contribution >= 4 is 38.8 Å². The van der Waals surface area contributed by atoms with E-state index in [1.165, 1.54) is 11.3 Å². The normalized spacial score (nSPS) is 11.1. The van der Waals surface area contributed by atoms with E-state index in [9.17, 15) is 4.79 Å². The van der Waals surface area contributed by atoms with Crippen LogP contribution in [-0.2, 0) is 0 Å². The second kappa shape index (κ2) is 9.41. The summed E-state index contributed by atoms with van der Waals surface area (Å²) in [5, 5.41) is 3.72. The van der Waals surface area contributed by atoms with Crippen molar-refractivity contribution in [3.8, 4) is 32.9 Å². The van der Waals surface area contributed by atoms with Crippen molar-refractivity contribution in [3.63, 3.8) is 0 Å². The quantitative estimate of drug-likeness (QED) is 0.250. The highest BCUT2D eigenvalue weighted by Crippen LogP contribution is 2.46. The third-order valence-corrected chi connectivity index (χ3v) is 7.49. The molecule has 0 saturated carbocycles. The van der Waals surface area contributed by atoms with Crippen LogP contribution in [0.5, 0.6) is 0 Å². The highest BCUT2D eigenvalue weighted by atomic mass is 32.1. The third kappa shape index (κ3) is 4.17. The molecule has 0 aliphatic carbocycles. The van der Waals surface area contributed by atoms with E-state index in [-0.39, 0.29) is 5.91 Å². The van der Waals surface area contributed by atoms with Crippen molar-refractivity contribution in [2.24, 2.45) is 0 Å². The number of nitrogens with zero attached hydrogens (tertiary/aromatic N) is 1. The van der Waals surface area contributed by atoms with Gasteiger partial charge in [0.15, 0.2) is 0 Å². The lowest BCUT2D eigenvalue weighted by Crippen LogP contribution is -2.16. The second-order valence-electron chi connectivity index (χ2n) is 8.71. The fourth-order valence-corrected chi connectivity index (χ4v) is 5.74. The number of nitrogens with two attached hydrogens (primary N) is 1. The summed E-state index contributed by atoms with van der Waals surface area (Å²) < 4.78 is 5.80. The predicted molar refractivity (Wildman–Crippen MR) is 152 cm³/mol. The van der Waals surface area contributed by atoms with E-state index in [4.69, 9.17) is 15.1 Å². The Morgan fingerprint density at radius 1 is 0.838 bits per heavy atom. The highest BCUT2D eigenvalue weighted by molar-refractivity contribution is 7.22. The van der Waals surface area contributed by atoms with Gasteiger partial charge in [-0.1, -0.05) is 72.8 Å². The lowest BCUT2D eigenvalue weighted by molar-refractivity contribution is 0.102. The molecular formula is C31H23N3O2S. The Hall–Kier alpha value is -4.68. The average Bonchev–Trinajstić information content (AvgIpc) is 3.57. The average molecular weight is 502 g/mol. The van der Waals surface area contributed by atoms with E-state index >= 15 is 0 Å². The number of aryl methyl sites for hydroxylation is 1. The molecule has 0 bridgehead atoms. The summed E-state index contributed by atoms with van der Waals surface area (Å²) in [6, 6.07) is 31.6. The number of carbonyl (C=O) groups is 1. The van der Waals surface area contributed by atoms with Gasteiger partial charge in [-0.05, 0) is 47.9 Å². The van der Waals surface area contributed by atoms with E-state index in [0.29, 0.717) is 34.0 Å². The van der Waals surface area contributed by atoms with Crippen LogP contribution in [0.15, 0.2) is 108 Å². The van der Waals surface area contributed by atoms with Crippen LogP contribution in [0, 0.1) is 6.92 Å². The van der Waals surface area contributed by atoms with Gasteiger partial charge in [-0.15, -0.1) is 11.3 Å². The van der Waals surface area contributed by atoms with Gasteiger partial charge in [0.05, 0.1) is 28.1 Å². The summed E-state index contributed by atoms with van der Waals surface area (Å²) >= 11 is 1.52. The Bertz CT molecular complexity index is 1710. The summed E-state index contributed by atoms with van der Waals surface area (Å²) in [6.45, 7) is 1.84. The number of pyridine rings is 1. The molecule has 3 heterocycles. The molecule has 6 rings (SSSR count). The highest BCUT2D eigenvalue weighted by Gasteiger charge is 2.26. The predicted octanol–water partition coefficient (Wildman–Crippen LogP) is 8.03. The number of amides is 1. The fourth-order valence-electron chi connectivity index (χ4n) is 4.59. The monoisotopic (exact) mass is 501 g/mol. The summed E-state index contributed by atoms with van der Waals surface area (Å²) in [5.74, 6) is 0.313. The van der Waals surface area contributed by atoms with Crippen molar-refractivity contribution < 1.29 is 9.21 Å². The van der Waals surface area contributed by atoms with E-state index in [1.54, 1.807) is 6.26 Å². The maximum Gasteiger partial charge on any atom is 0.258 e. The molecule has 0 atom stereocenters. The molecule has 0 aliphatic heterocycles. The SMILES string of the molecule is Cc1nc2sc(-c3ccc(-c4ccccc4)cc3)c(N)c2c(-c2ccco2)c1C(=O)Nc1ccccc1. The molecule has 0 unspecified atom stereocenters. The molecule has 0 saturated heterocycles. The Kier molecular flexibility index (Phi) is 5.79. The Morgan fingerprint density at radius 3 is 2.16 bits per heavy atom. The molecule has 0 fully saturated rings. The van der Waals surface area contributed by atoms with Gasteiger partial charge < -0.3 is 15.5 Å². The van der Waals surface area contributed by atoms with Gasteiger partial charge in [0.1, 0.15) is 10.6 Å². The molecule has 37 heavy (non-hydrogen) atoms. The molecule has 3 aromatic heterocycles. The Balaban J connectivity index is 1.50. The smallest absolute Gasteiger partial charge is 0.258 e. The molecule has 3 aromatic carbocycles. The number of rotatable bonds is 5. The number of furan rings is 1. The molecule has 5 nitrogen and oxygen atoms in total. The number of carbonyl (C=O) groups excluding carboxylic acids is 1. The van der Waals surface area contributed by atoms with Crippen LogP contribution < -0.4 is 11.1 Å². The van der Waals surface area contributed by atoms with Crippen LogP contribution in [0.1, 0.15) is 16.1 Å². The van der Waals surface area contributed by atoms with E-state index in [2.05, 4.69) is 41.7 Å². The van der Waals surface area contributed by atoms with Gasteiger partial charge in [0, 0.05) is 16.6 Å². The number of para-hydroxylation sites is 1. The molecular weight excluding hydrogens is 478 g/mol. The molecule has 1 amide bonds. The Morgan fingerprint density at radius 2 is 1.49 bits per heavy atom. The maximum atomic E-state index is 13.5. The van der Waals surface area contributed by atoms with Gasteiger partial charge in [-0.2, -0.15) is 0 Å². The topological polar surface area (TPSA) is 81.2 Å². The first-order valence-corrected chi connectivity index (χ1v) is 12.7. The largest absolute Gasteiger partial charge is 0.464 e. The molecule has 6 heteroatoms. The first-order chi connectivity index (χ1) is 18.1. The van der Waals surface area contributed by atoms with Crippen molar-refractivity contribution in [2.45, 2.75) is 6.92 Å². The van der Waals surface area contributed by atoms with Crippen molar-refractivity contribution in [1.82, 2.24) is 4.98 Å². The zero-order valence-electron chi connectivity index (χ0n) is 20.1. The first-order valence-electron chi connectivity index (χ1n) is 11.9. The number of hydrogen-bond donors (Lipinski definition) is 2. The van der Waals surface area contributed by atoms with Gasteiger partial charge in [0.2, 0.25) is 0 Å². The second-order valence-corrected chi connectivity index (χ2v) is 9.71. The third-order valence-electron chi connectivity index (χ3n) is 6.34. The van der Waals surface area contributed by atoms with E-state index < -0.39 is 0 Å². The summed E-state index contributed by atoms with van der Waals surface area (Å²) in [6.07, 6.45) is 1.60. The van der Waals surface area contributed by atoms with Crippen LogP contribution >= 0.6 is 11.3 Å². The standard InChI is InChI=1S/C31H23N3O2S/c1-19-25(30(35)34-23-11-6-3-7-12-23)26(24-13-8-18-36-24)27-28(32)29(37-31(27)33-19)22-16-14-21(15-17-22)20-9-4-2-5-10-20/h2-18H,32H2,1H3,(H,34,35). The number of benzene rings is 3. The summed E-state index contributed by atoms with van der Waals surface area (Å²) in [4.78, 5) is 20.0. The maximum absolute atomic E-state index is 13.5. The molecule has 180 valence electrons. The summed E-state index contributed by atoms with van der Waals surface area (Å²) in [7, 11) is 0. The van der Waals surface area contributed by atoms with Crippen LogP contribution in [0.2, 0.25) is 0 Å². The lowest BCUT2D eigenvalue weighted by Gasteiger charge is -2.13. The van der Waals surface area contributed by atoms with E-state index in [1.807, 2.05) is 67.6 Å². The zero-order valence-corrected chi connectivity index (χ0v) is 20.9. The van der Waals surface area contributed by atoms with Crippen LogP contribution in [0.3, 0.4) is 0 Å². The number of anilines is 2. The van der Waals surface area contributed by atoms with Gasteiger partial charge in [0.25, 0.3) is 5.91 Å². The zero-order chi connectivity index (χ0) is 25.4. The van der Waals surface area contributed by atoms with Crippen LogP contribution in [0.4, 0.5) is 11.4 Å². The minimum absolute atomic E-state index is 0.260. The fraction of sp³-hybridized carbons (Fsp3) is 0.0323. The molecule has 3 N–H and O–H groups in total. The van der Waals surface area contributed by atoms with E-state index in [0.717, 1.165) is 31.8 Å². The Labute approximate surface area is 218 Å². The number of aromatic nitrogens is 1. The first kappa shape index (κ1) is 22.8. The van der Waals surface area contributed by atoms with Gasteiger partial charge in [-0.3, -0.25) is 4.79 Å². The number of fused-ring (bicyclic) bond motifs is 1. The van der Waals surface area contributed by atoms with Crippen molar-refractivity contribution in [2.75, 3.05) is 11.1 Å².